The van der Waals surface area contributed by atoms with Gasteiger partial charge in [0.2, 0.25) is 5.91 Å². The third-order valence-corrected chi connectivity index (χ3v) is 4.39. The number of nitrogens with one attached hydrogen (secondary N) is 1. The van der Waals surface area contributed by atoms with E-state index in [9.17, 15) is 4.79 Å². The van der Waals surface area contributed by atoms with Gasteiger partial charge in [-0.05, 0) is 36.4 Å². The van der Waals surface area contributed by atoms with E-state index in [1.54, 1.807) is 39.5 Å². The normalized spacial score (nSPS) is 10.1. The topological polar surface area (TPSA) is 66.0 Å². The average Bonchev–Trinajstić information content (AvgIpc) is 2.68. The third kappa shape index (κ3) is 6.07. The molecule has 0 spiro atoms. The van der Waals surface area contributed by atoms with Gasteiger partial charge in [0.1, 0.15) is 23.0 Å². The van der Waals surface area contributed by atoms with Gasteiger partial charge in [0.25, 0.3) is 0 Å². The molecule has 1 N–H and O–H groups in total. The van der Waals surface area contributed by atoms with Gasteiger partial charge in [-0.25, -0.2) is 0 Å². The van der Waals surface area contributed by atoms with Crippen LogP contribution in [0, 0.1) is 0 Å². The highest BCUT2D eigenvalue weighted by atomic mass is 32.2. The van der Waals surface area contributed by atoms with Crippen molar-refractivity contribution in [2.45, 2.75) is 0 Å². The molecule has 0 heterocycles. The molecule has 0 radical (unpaired) electrons. The number of methoxy groups -OCH3 is 3. The van der Waals surface area contributed by atoms with Crippen molar-refractivity contribution in [2.24, 2.45) is 0 Å². The smallest absolute Gasteiger partial charge is 0.234 e. The molecule has 2 rings (SSSR count). The fraction of sp³-hybridized carbons (Fsp3) is 0.316. The summed E-state index contributed by atoms with van der Waals surface area (Å²) in [6.45, 7) is 0.524. The Morgan fingerprint density at radius 3 is 2.23 bits per heavy atom. The van der Waals surface area contributed by atoms with Crippen LogP contribution in [0.25, 0.3) is 0 Å². The number of benzene rings is 2. The molecule has 0 aliphatic carbocycles. The Morgan fingerprint density at radius 1 is 0.923 bits per heavy atom. The molecule has 26 heavy (non-hydrogen) atoms. The van der Waals surface area contributed by atoms with Crippen LogP contribution >= 0.6 is 11.8 Å². The van der Waals surface area contributed by atoms with E-state index in [2.05, 4.69) is 5.32 Å². The first-order chi connectivity index (χ1) is 12.7. The highest BCUT2D eigenvalue weighted by Crippen LogP contribution is 2.29. The first kappa shape index (κ1) is 19.8. The van der Waals surface area contributed by atoms with E-state index in [0.717, 1.165) is 11.5 Å². The van der Waals surface area contributed by atoms with Gasteiger partial charge in [-0.1, -0.05) is 0 Å². The summed E-state index contributed by atoms with van der Waals surface area (Å²) in [6, 6.07) is 12.7. The van der Waals surface area contributed by atoms with Gasteiger partial charge in [0.15, 0.2) is 0 Å². The number of hydrogen-bond acceptors (Lipinski definition) is 6. The van der Waals surface area contributed by atoms with Crippen molar-refractivity contribution in [2.75, 3.05) is 44.8 Å². The third-order valence-electron chi connectivity index (χ3n) is 3.47. The van der Waals surface area contributed by atoms with Gasteiger partial charge in [0.05, 0.1) is 39.4 Å². The van der Waals surface area contributed by atoms with Gasteiger partial charge < -0.3 is 24.3 Å². The van der Waals surface area contributed by atoms with Crippen LogP contribution in [-0.2, 0) is 4.79 Å². The van der Waals surface area contributed by atoms with Crippen molar-refractivity contribution in [3.63, 3.8) is 0 Å². The first-order valence-electron chi connectivity index (χ1n) is 8.02. The van der Waals surface area contributed by atoms with E-state index in [1.807, 2.05) is 24.3 Å². The second-order valence-corrected chi connectivity index (χ2v) is 6.30. The molecule has 0 saturated carbocycles. The van der Waals surface area contributed by atoms with Gasteiger partial charge in [0, 0.05) is 11.8 Å². The summed E-state index contributed by atoms with van der Waals surface area (Å²) in [5.41, 5.74) is 0.619. The summed E-state index contributed by atoms with van der Waals surface area (Å²) < 4.78 is 21.1. The molecule has 0 aromatic heterocycles. The molecule has 0 fully saturated rings. The Kier molecular flexibility index (Phi) is 7.95. The minimum atomic E-state index is -0.0945. The molecule has 2 aromatic rings. The lowest BCUT2D eigenvalue weighted by Crippen LogP contribution is -2.15. The van der Waals surface area contributed by atoms with E-state index in [-0.39, 0.29) is 5.91 Å². The lowest BCUT2D eigenvalue weighted by Gasteiger charge is -2.11. The van der Waals surface area contributed by atoms with Crippen molar-refractivity contribution in [1.82, 2.24) is 0 Å². The van der Waals surface area contributed by atoms with Crippen molar-refractivity contribution in [3.8, 4) is 23.0 Å². The molecule has 140 valence electrons. The zero-order chi connectivity index (χ0) is 18.8. The quantitative estimate of drug-likeness (QED) is 0.640. The second kappa shape index (κ2) is 10.5. The molecule has 0 bridgehead atoms. The van der Waals surface area contributed by atoms with Crippen molar-refractivity contribution in [1.29, 1.82) is 0 Å². The molecule has 0 aliphatic rings. The van der Waals surface area contributed by atoms with Crippen LogP contribution < -0.4 is 24.3 Å². The Labute approximate surface area is 157 Å². The number of amides is 1. The monoisotopic (exact) mass is 377 g/mol. The molecule has 6 nitrogen and oxygen atoms in total. The predicted molar refractivity (Wildman–Crippen MR) is 104 cm³/mol. The van der Waals surface area contributed by atoms with Gasteiger partial charge >= 0.3 is 0 Å². The van der Waals surface area contributed by atoms with Gasteiger partial charge in [-0.2, -0.15) is 0 Å². The van der Waals surface area contributed by atoms with Crippen LogP contribution in [0.4, 0.5) is 5.69 Å². The summed E-state index contributed by atoms with van der Waals surface area (Å²) in [6.07, 6.45) is 0. The van der Waals surface area contributed by atoms with Crippen molar-refractivity contribution >= 4 is 23.4 Å². The minimum absolute atomic E-state index is 0.0945. The number of anilines is 1. The maximum atomic E-state index is 12.1. The van der Waals surface area contributed by atoms with E-state index in [1.165, 1.54) is 11.8 Å². The minimum Gasteiger partial charge on any atom is -0.497 e. The number of carbonyl (C=O) groups excluding carboxylic acids is 1. The van der Waals surface area contributed by atoms with E-state index in [4.69, 9.17) is 18.9 Å². The standard InChI is InChI=1S/C19H23NO5S/c1-22-14-4-6-15(7-5-14)25-10-11-26-13-19(21)20-17-9-8-16(23-2)12-18(17)24-3/h4-9,12H,10-11,13H2,1-3H3,(H,20,21). The zero-order valence-corrected chi connectivity index (χ0v) is 15.9. The summed E-state index contributed by atoms with van der Waals surface area (Å²) in [5, 5.41) is 2.84. The largest absolute Gasteiger partial charge is 0.497 e. The molecule has 2 aromatic carbocycles. The summed E-state index contributed by atoms with van der Waals surface area (Å²) in [7, 11) is 4.76. The predicted octanol–water partition coefficient (Wildman–Crippen LogP) is 3.46. The Hall–Kier alpha value is -2.54. The Balaban J connectivity index is 1.70. The molecule has 0 atom stereocenters. The average molecular weight is 377 g/mol. The SMILES string of the molecule is COc1ccc(OCCSCC(=O)Nc2ccc(OC)cc2OC)cc1. The highest BCUT2D eigenvalue weighted by molar-refractivity contribution is 7.99. The number of ether oxygens (including phenoxy) is 4. The number of hydrogen-bond donors (Lipinski definition) is 1. The highest BCUT2D eigenvalue weighted by Gasteiger charge is 2.09. The summed E-state index contributed by atoms with van der Waals surface area (Å²) >= 11 is 1.50. The first-order valence-corrected chi connectivity index (χ1v) is 9.18. The number of thioether (sulfide) groups is 1. The van der Waals surface area contributed by atoms with E-state index in [0.29, 0.717) is 35.3 Å². The zero-order valence-electron chi connectivity index (χ0n) is 15.1. The van der Waals surface area contributed by atoms with E-state index >= 15 is 0 Å². The van der Waals surface area contributed by atoms with Crippen LogP contribution in [0.15, 0.2) is 42.5 Å². The molecular formula is C19H23NO5S. The molecule has 1 amide bonds. The maximum absolute atomic E-state index is 12.1. The van der Waals surface area contributed by atoms with E-state index < -0.39 is 0 Å². The summed E-state index contributed by atoms with van der Waals surface area (Å²) in [4.78, 5) is 12.1. The van der Waals surface area contributed by atoms with Crippen LogP contribution in [0.3, 0.4) is 0 Å². The van der Waals surface area contributed by atoms with Crippen molar-refractivity contribution < 1.29 is 23.7 Å². The van der Waals surface area contributed by atoms with Crippen LogP contribution in [-0.4, -0.2) is 45.3 Å². The Bertz CT molecular complexity index is 706. The fourth-order valence-corrected chi connectivity index (χ4v) is 2.75. The summed E-state index contributed by atoms with van der Waals surface area (Å²) in [5.74, 6) is 3.75. The second-order valence-electron chi connectivity index (χ2n) is 5.19. The van der Waals surface area contributed by atoms with Crippen LogP contribution in [0.1, 0.15) is 0 Å². The lowest BCUT2D eigenvalue weighted by atomic mass is 10.2. The molecule has 0 saturated heterocycles. The lowest BCUT2D eigenvalue weighted by molar-refractivity contribution is -0.113. The van der Waals surface area contributed by atoms with Crippen molar-refractivity contribution in [3.05, 3.63) is 42.5 Å². The fourth-order valence-electron chi connectivity index (χ4n) is 2.14. The molecule has 0 unspecified atom stereocenters. The van der Waals surface area contributed by atoms with Gasteiger partial charge in [-0.15, -0.1) is 11.8 Å². The van der Waals surface area contributed by atoms with Crippen LogP contribution in [0.5, 0.6) is 23.0 Å². The Morgan fingerprint density at radius 2 is 1.58 bits per heavy atom. The molecular weight excluding hydrogens is 354 g/mol. The number of rotatable bonds is 10. The number of carbonyl (C=O) groups is 1. The van der Waals surface area contributed by atoms with Gasteiger partial charge in [-0.3, -0.25) is 4.79 Å². The molecule has 7 heteroatoms. The van der Waals surface area contributed by atoms with Crippen LogP contribution in [0.2, 0.25) is 0 Å². The maximum Gasteiger partial charge on any atom is 0.234 e. The molecule has 0 aliphatic heterocycles.